The van der Waals surface area contributed by atoms with Gasteiger partial charge in [0.25, 0.3) is 5.91 Å². The van der Waals surface area contributed by atoms with Gasteiger partial charge < -0.3 is 0 Å². The Morgan fingerprint density at radius 2 is 1.53 bits per heavy atom. The number of hydrogen-bond acceptors (Lipinski definition) is 2. The van der Waals surface area contributed by atoms with E-state index in [0.29, 0.717) is 17.0 Å². The number of carbonyl (C=O) groups is 1. The molecule has 1 amide bonds. The lowest BCUT2D eigenvalue weighted by Crippen LogP contribution is -2.27. The highest BCUT2D eigenvalue weighted by atomic mass is 35.5. The van der Waals surface area contributed by atoms with Gasteiger partial charge in [0.05, 0.1) is 11.8 Å². The number of hydrazone groups is 1. The van der Waals surface area contributed by atoms with Crippen LogP contribution in [0.15, 0.2) is 102 Å². The molecule has 30 heavy (non-hydrogen) atoms. The third-order valence-electron chi connectivity index (χ3n) is 5.47. The fourth-order valence-corrected chi connectivity index (χ4v) is 4.03. The fourth-order valence-electron chi connectivity index (χ4n) is 3.90. The molecule has 0 spiro atoms. The van der Waals surface area contributed by atoms with Gasteiger partial charge in [0.15, 0.2) is 0 Å². The van der Waals surface area contributed by atoms with Gasteiger partial charge in [-0.15, -0.1) is 0 Å². The maximum absolute atomic E-state index is 13.4. The van der Waals surface area contributed by atoms with Crippen molar-refractivity contribution in [3.63, 3.8) is 0 Å². The molecule has 0 fully saturated rings. The van der Waals surface area contributed by atoms with E-state index in [2.05, 4.69) is 30.3 Å². The summed E-state index contributed by atoms with van der Waals surface area (Å²) in [7, 11) is 0. The molecule has 146 valence electrons. The molecule has 0 saturated carbocycles. The van der Waals surface area contributed by atoms with Crippen LogP contribution in [0.1, 0.15) is 33.9 Å². The van der Waals surface area contributed by atoms with E-state index in [9.17, 15) is 4.79 Å². The van der Waals surface area contributed by atoms with Gasteiger partial charge in [-0.25, -0.2) is 5.01 Å². The highest BCUT2D eigenvalue weighted by Crippen LogP contribution is 2.35. The van der Waals surface area contributed by atoms with Crippen molar-refractivity contribution in [2.45, 2.75) is 12.5 Å². The van der Waals surface area contributed by atoms with Gasteiger partial charge in [-0.3, -0.25) is 4.79 Å². The van der Waals surface area contributed by atoms with Crippen molar-refractivity contribution >= 4 is 34.0 Å². The van der Waals surface area contributed by atoms with Crippen molar-refractivity contribution in [1.29, 1.82) is 0 Å². The maximum atomic E-state index is 13.4. The van der Waals surface area contributed by atoms with Crippen LogP contribution in [-0.2, 0) is 0 Å². The number of carbonyl (C=O) groups excluding carboxylic acids is 1. The Bertz CT molecular complexity index is 1250. The van der Waals surface area contributed by atoms with Crippen LogP contribution in [0.2, 0.25) is 5.02 Å². The summed E-state index contributed by atoms with van der Waals surface area (Å²) in [5.74, 6) is -0.129. The van der Waals surface area contributed by atoms with Crippen LogP contribution < -0.4 is 0 Å². The third kappa shape index (κ3) is 3.49. The summed E-state index contributed by atoms with van der Waals surface area (Å²) in [6.07, 6.45) is 0.668. The minimum absolute atomic E-state index is 0.129. The number of benzene rings is 4. The molecule has 0 aliphatic carbocycles. The van der Waals surface area contributed by atoms with Crippen LogP contribution in [0, 0.1) is 0 Å². The van der Waals surface area contributed by atoms with Crippen molar-refractivity contribution in [3.05, 3.63) is 119 Å². The minimum Gasteiger partial charge on any atom is -0.267 e. The Morgan fingerprint density at radius 1 is 0.833 bits per heavy atom. The van der Waals surface area contributed by atoms with Gasteiger partial charge in [-0.1, -0.05) is 78.3 Å². The molecule has 1 aliphatic heterocycles. The lowest BCUT2D eigenvalue weighted by atomic mass is 9.96. The number of fused-ring (bicyclic) bond motifs is 1. The molecule has 0 radical (unpaired) electrons. The van der Waals surface area contributed by atoms with E-state index in [4.69, 9.17) is 16.7 Å². The van der Waals surface area contributed by atoms with Crippen molar-refractivity contribution in [3.8, 4) is 0 Å². The molecule has 3 nitrogen and oxygen atoms in total. The van der Waals surface area contributed by atoms with Crippen molar-refractivity contribution < 1.29 is 4.79 Å². The highest BCUT2D eigenvalue weighted by molar-refractivity contribution is 6.30. The second-order valence-electron chi connectivity index (χ2n) is 7.40. The second-order valence-corrected chi connectivity index (χ2v) is 7.83. The van der Waals surface area contributed by atoms with E-state index < -0.39 is 0 Å². The number of amides is 1. The van der Waals surface area contributed by atoms with E-state index in [0.717, 1.165) is 22.2 Å². The zero-order valence-corrected chi connectivity index (χ0v) is 17.0. The van der Waals surface area contributed by atoms with Gasteiger partial charge in [0.1, 0.15) is 0 Å². The van der Waals surface area contributed by atoms with Crippen molar-refractivity contribution in [2.75, 3.05) is 0 Å². The third-order valence-corrected chi connectivity index (χ3v) is 5.73. The zero-order valence-electron chi connectivity index (χ0n) is 16.2. The van der Waals surface area contributed by atoms with E-state index >= 15 is 0 Å². The Kier molecular flexibility index (Phi) is 4.82. The minimum atomic E-state index is -0.159. The number of rotatable bonds is 3. The van der Waals surface area contributed by atoms with E-state index in [1.807, 2.05) is 42.5 Å². The van der Waals surface area contributed by atoms with E-state index in [-0.39, 0.29) is 11.9 Å². The molecule has 1 aliphatic rings. The molecular weight excluding hydrogens is 392 g/mol. The summed E-state index contributed by atoms with van der Waals surface area (Å²) in [6, 6.07) is 31.5. The monoisotopic (exact) mass is 410 g/mol. The molecular formula is C26H19ClN2O. The first-order chi connectivity index (χ1) is 14.7. The summed E-state index contributed by atoms with van der Waals surface area (Å²) >= 11 is 6.01. The fraction of sp³-hybridized carbons (Fsp3) is 0.0769. The summed E-state index contributed by atoms with van der Waals surface area (Å²) in [4.78, 5) is 13.4. The Morgan fingerprint density at radius 3 is 2.30 bits per heavy atom. The van der Waals surface area contributed by atoms with Gasteiger partial charge in [-0.2, -0.15) is 5.10 Å². The first kappa shape index (κ1) is 18.6. The molecule has 1 atom stereocenters. The maximum Gasteiger partial charge on any atom is 0.274 e. The molecule has 0 bridgehead atoms. The smallest absolute Gasteiger partial charge is 0.267 e. The summed E-state index contributed by atoms with van der Waals surface area (Å²) in [6.45, 7) is 0. The molecule has 4 aromatic carbocycles. The second kappa shape index (κ2) is 7.77. The average Bonchev–Trinajstić information content (AvgIpc) is 3.25. The molecule has 5 rings (SSSR count). The summed E-state index contributed by atoms with van der Waals surface area (Å²) in [5, 5.41) is 9.32. The molecule has 4 aromatic rings. The van der Waals surface area contributed by atoms with Gasteiger partial charge >= 0.3 is 0 Å². The molecule has 0 saturated heterocycles. The van der Waals surface area contributed by atoms with E-state index in [1.54, 1.807) is 29.3 Å². The lowest BCUT2D eigenvalue weighted by molar-refractivity contribution is 0.0711. The highest BCUT2D eigenvalue weighted by Gasteiger charge is 2.33. The number of hydrogen-bond donors (Lipinski definition) is 0. The van der Waals surface area contributed by atoms with Gasteiger partial charge in [0, 0.05) is 17.0 Å². The quantitative estimate of drug-likeness (QED) is 0.380. The van der Waals surface area contributed by atoms with Crippen LogP contribution in [0.25, 0.3) is 10.8 Å². The summed E-state index contributed by atoms with van der Waals surface area (Å²) in [5.41, 5.74) is 3.60. The largest absolute Gasteiger partial charge is 0.274 e. The molecule has 4 heteroatoms. The normalized spacial score (nSPS) is 16.0. The van der Waals surface area contributed by atoms with Crippen LogP contribution in [0.3, 0.4) is 0 Å². The standard InChI is InChI=1S/C26H19ClN2O/c27-23-14-12-20(13-15-23)26(30)29-25(17-24(28-29)19-7-2-1-3-8-19)22-11-10-18-6-4-5-9-21(18)16-22/h1-16,25H,17H2. The number of halogens is 1. The van der Waals surface area contributed by atoms with Crippen LogP contribution >= 0.6 is 11.6 Å². The topological polar surface area (TPSA) is 32.7 Å². The molecule has 1 heterocycles. The molecule has 0 N–H and O–H groups in total. The average molecular weight is 411 g/mol. The zero-order chi connectivity index (χ0) is 20.5. The number of nitrogens with zero attached hydrogens (tertiary/aromatic N) is 2. The van der Waals surface area contributed by atoms with Crippen LogP contribution in [0.5, 0.6) is 0 Å². The van der Waals surface area contributed by atoms with Gasteiger partial charge in [0.2, 0.25) is 0 Å². The molecule has 1 unspecified atom stereocenters. The Labute approximate surface area is 180 Å². The first-order valence-corrected chi connectivity index (χ1v) is 10.3. The lowest BCUT2D eigenvalue weighted by Gasteiger charge is -2.22. The van der Waals surface area contributed by atoms with Gasteiger partial charge in [-0.05, 0) is 52.2 Å². The van der Waals surface area contributed by atoms with E-state index in [1.165, 1.54) is 5.39 Å². The Hall–Kier alpha value is -3.43. The summed E-state index contributed by atoms with van der Waals surface area (Å²) < 4.78 is 0. The predicted octanol–water partition coefficient (Wildman–Crippen LogP) is 6.48. The van der Waals surface area contributed by atoms with Crippen LogP contribution in [0.4, 0.5) is 0 Å². The van der Waals surface area contributed by atoms with Crippen molar-refractivity contribution in [2.24, 2.45) is 5.10 Å². The van der Waals surface area contributed by atoms with Crippen molar-refractivity contribution in [1.82, 2.24) is 5.01 Å². The SMILES string of the molecule is O=C(c1ccc(Cl)cc1)N1N=C(c2ccccc2)CC1c1ccc2ccccc2c1. The Balaban J connectivity index is 1.57. The van der Waals surface area contributed by atoms with Crippen LogP contribution in [-0.4, -0.2) is 16.6 Å². The predicted molar refractivity (Wildman–Crippen MR) is 122 cm³/mol. The molecule has 0 aromatic heterocycles. The first-order valence-electron chi connectivity index (χ1n) is 9.90.